The number of nitrogens with zero attached hydrogens (tertiary/aromatic N) is 2. The second-order valence-electron chi connectivity index (χ2n) is 6.79. The van der Waals surface area contributed by atoms with Crippen molar-refractivity contribution in [3.8, 4) is 0 Å². The molecule has 2 rings (SSSR count). The van der Waals surface area contributed by atoms with Crippen molar-refractivity contribution < 1.29 is 17.9 Å². The van der Waals surface area contributed by atoms with E-state index in [1.807, 2.05) is 33.9 Å². The van der Waals surface area contributed by atoms with E-state index in [2.05, 4.69) is 10.4 Å². The summed E-state index contributed by atoms with van der Waals surface area (Å²) in [4.78, 5) is 3.77. The van der Waals surface area contributed by atoms with E-state index in [9.17, 15) is 13.2 Å². The van der Waals surface area contributed by atoms with Gasteiger partial charge in [0.1, 0.15) is 11.0 Å². The van der Waals surface area contributed by atoms with Gasteiger partial charge in [0.25, 0.3) is 0 Å². The fourth-order valence-electron chi connectivity index (χ4n) is 2.25. The Kier molecular flexibility index (Phi) is 5.34. The average molecular weight is 364 g/mol. The minimum atomic E-state index is -4.51. The normalized spacial score (nSPS) is 18.8. The first-order valence-electron chi connectivity index (χ1n) is 7.55. The molecule has 0 saturated carbocycles. The molecule has 1 aliphatic rings. The fourth-order valence-corrected chi connectivity index (χ4v) is 2.51. The van der Waals surface area contributed by atoms with Crippen LogP contribution in [0.15, 0.2) is 23.9 Å². The highest BCUT2D eigenvalue weighted by molar-refractivity contribution is 6.30. The Hall–Kier alpha value is -1.47. The standard InChI is InChI=1S/C16H21ClF3N3O/c1-10-7-23(8-11(10)9-24-15(2,3)4)22-13-6-5-12(14(17)21-13)16(18,19)20/h5-7,11H,8-9H2,1-4H3,(H,21,22). The fraction of sp³-hybridized carbons (Fsp3) is 0.562. The summed E-state index contributed by atoms with van der Waals surface area (Å²) in [6.45, 7) is 9.18. The van der Waals surface area contributed by atoms with E-state index in [4.69, 9.17) is 16.3 Å². The number of nitrogens with one attached hydrogen (secondary N) is 1. The summed E-state index contributed by atoms with van der Waals surface area (Å²) in [5.41, 5.74) is 2.92. The lowest BCUT2D eigenvalue weighted by Gasteiger charge is -2.24. The van der Waals surface area contributed by atoms with Gasteiger partial charge >= 0.3 is 6.18 Å². The summed E-state index contributed by atoms with van der Waals surface area (Å²) in [5.74, 6) is 0.469. The van der Waals surface area contributed by atoms with Gasteiger partial charge in [0.2, 0.25) is 0 Å². The lowest BCUT2D eigenvalue weighted by atomic mass is 10.1. The van der Waals surface area contributed by atoms with Crippen molar-refractivity contribution in [2.45, 2.75) is 39.5 Å². The molecule has 0 bridgehead atoms. The predicted molar refractivity (Wildman–Crippen MR) is 87.5 cm³/mol. The van der Waals surface area contributed by atoms with Gasteiger partial charge in [-0.25, -0.2) is 4.98 Å². The molecule has 2 heterocycles. The summed E-state index contributed by atoms with van der Waals surface area (Å²) in [7, 11) is 0. The third kappa shape index (κ3) is 5.01. The van der Waals surface area contributed by atoms with E-state index < -0.39 is 16.9 Å². The molecular weight excluding hydrogens is 343 g/mol. The molecule has 24 heavy (non-hydrogen) atoms. The monoisotopic (exact) mass is 363 g/mol. The van der Waals surface area contributed by atoms with Crippen LogP contribution in [-0.4, -0.2) is 28.7 Å². The van der Waals surface area contributed by atoms with Gasteiger partial charge in [0, 0.05) is 18.7 Å². The lowest BCUT2D eigenvalue weighted by molar-refractivity contribution is -0.137. The van der Waals surface area contributed by atoms with E-state index in [0.717, 1.165) is 11.6 Å². The van der Waals surface area contributed by atoms with Crippen LogP contribution in [0, 0.1) is 5.92 Å². The molecule has 0 amide bonds. The number of alkyl halides is 3. The Bertz CT molecular complexity index is 626. The number of hydrogen-bond donors (Lipinski definition) is 1. The number of rotatable bonds is 4. The number of anilines is 1. The highest BCUT2D eigenvalue weighted by atomic mass is 35.5. The van der Waals surface area contributed by atoms with Gasteiger partial charge in [-0.05, 0) is 45.4 Å². The van der Waals surface area contributed by atoms with Gasteiger partial charge in [-0.3, -0.25) is 10.4 Å². The van der Waals surface area contributed by atoms with Crippen LogP contribution < -0.4 is 5.43 Å². The number of aromatic nitrogens is 1. The zero-order valence-electron chi connectivity index (χ0n) is 14.0. The van der Waals surface area contributed by atoms with Crippen molar-refractivity contribution in [1.82, 2.24) is 9.99 Å². The molecule has 0 fully saturated rings. The topological polar surface area (TPSA) is 37.4 Å². The molecule has 1 aromatic rings. The number of pyridine rings is 1. The molecular formula is C16H21ClF3N3O. The van der Waals surface area contributed by atoms with Crippen LogP contribution in [0.3, 0.4) is 0 Å². The Labute approximate surface area is 144 Å². The first-order chi connectivity index (χ1) is 11.0. The number of halogens is 4. The van der Waals surface area contributed by atoms with Crippen LogP contribution in [0.1, 0.15) is 33.3 Å². The van der Waals surface area contributed by atoms with E-state index in [1.54, 1.807) is 5.01 Å². The molecule has 8 heteroatoms. The van der Waals surface area contributed by atoms with Crippen molar-refractivity contribution >= 4 is 17.4 Å². The SMILES string of the molecule is CC1=CN(Nc2ccc(C(F)(F)F)c(Cl)n2)CC1COC(C)(C)C. The third-order valence-corrected chi connectivity index (χ3v) is 3.84. The first kappa shape index (κ1) is 18.9. The van der Waals surface area contributed by atoms with Crippen LogP contribution >= 0.6 is 11.6 Å². The molecule has 0 aromatic carbocycles. The predicted octanol–water partition coefficient (Wildman–Crippen LogP) is 4.73. The molecule has 0 spiro atoms. The molecule has 1 atom stereocenters. The Morgan fingerprint density at radius 2 is 2.00 bits per heavy atom. The van der Waals surface area contributed by atoms with Gasteiger partial charge in [0.15, 0.2) is 0 Å². The second-order valence-corrected chi connectivity index (χ2v) is 7.15. The summed E-state index contributed by atoms with van der Waals surface area (Å²) >= 11 is 5.63. The molecule has 4 nitrogen and oxygen atoms in total. The van der Waals surface area contributed by atoms with Crippen LogP contribution in [0.2, 0.25) is 5.15 Å². The Morgan fingerprint density at radius 3 is 2.54 bits per heavy atom. The minimum Gasteiger partial charge on any atom is -0.375 e. The van der Waals surface area contributed by atoms with Crippen molar-refractivity contribution in [3.63, 3.8) is 0 Å². The maximum Gasteiger partial charge on any atom is 0.419 e. The smallest absolute Gasteiger partial charge is 0.375 e. The molecule has 0 aliphatic carbocycles. The molecule has 1 unspecified atom stereocenters. The molecule has 0 radical (unpaired) electrons. The van der Waals surface area contributed by atoms with E-state index in [0.29, 0.717) is 13.2 Å². The number of ether oxygens (including phenoxy) is 1. The lowest BCUT2D eigenvalue weighted by Crippen LogP contribution is -2.29. The van der Waals surface area contributed by atoms with Crippen LogP contribution in [0.4, 0.5) is 19.0 Å². The quantitative estimate of drug-likeness (QED) is 0.785. The highest BCUT2D eigenvalue weighted by Gasteiger charge is 2.34. The summed E-state index contributed by atoms with van der Waals surface area (Å²) in [6.07, 6.45) is -2.62. The molecule has 134 valence electrons. The van der Waals surface area contributed by atoms with E-state index >= 15 is 0 Å². The highest BCUT2D eigenvalue weighted by Crippen LogP contribution is 2.34. The van der Waals surface area contributed by atoms with Gasteiger partial charge in [-0.2, -0.15) is 13.2 Å². The van der Waals surface area contributed by atoms with Gasteiger partial charge in [-0.1, -0.05) is 11.6 Å². The summed E-state index contributed by atoms with van der Waals surface area (Å²) in [6, 6.07) is 2.18. The first-order valence-corrected chi connectivity index (χ1v) is 7.93. The summed E-state index contributed by atoms with van der Waals surface area (Å²) < 4.78 is 43.9. The van der Waals surface area contributed by atoms with Gasteiger partial charge < -0.3 is 4.74 Å². The maximum absolute atomic E-state index is 12.7. The van der Waals surface area contributed by atoms with Crippen molar-refractivity contribution in [3.05, 3.63) is 34.6 Å². The van der Waals surface area contributed by atoms with Gasteiger partial charge in [0.05, 0.1) is 17.8 Å². The molecule has 1 aliphatic heterocycles. The van der Waals surface area contributed by atoms with Crippen LogP contribution in [-0.2, 0) is 10.9 Å². The largest absolute Gasteiger partial charge is 0.419 e. The molecule has 0 saturated heterocycles. The maximum atomic E-state index is 12.7. The summed E-state index contributed by atoms with van der Waals surface area (Å²) in [5, 5.41) is 1.21. The third-order valence-electron chi connectivity index (χ3n) is 3.55. The second kappa shape index (κ2) is 6.80. The zero-order chi connectivity index (χ0) is 18.1. The number of hydrazine groups is 1. The average Bonchev–Trinajstić information content (AvgIpc) is 2.74. The Balaban J connectivity index is 1.99. The van der Waals surface area contributed by atoms with Crippen molar-refractivity contribution in [2.24, 2.45) is 5.92 Å². The number of hydrogen-bond acceptors (Lipinski definition) is 4. The van der Waals surface area contributed by atoms with Crippen LogP contribution in [0.25, 0.3) is 0 Å². The van der Waals surface area contributed by atoms with E-state index in [1.165, 1.54) is 6.07 Å². The van der Waals surface area contributed by atoms with Crippen LogP contribution in [0.5, 0.6) is 0 Å². The molecule has 1 N–H and O–H groups in total. The van der Waals surface area contributed by atoms with Crippen molar-refractivity contribution in [2.75, 3.05) is 18.6 Å². The van der Waals surface area contributed by atoms with Gasteiger partial charge in [-0.15, -0.1) is 0 Å². The Morgan fingerprint density at radius 1 is 1.33 bits per heavy atom. The zero-order valence-corrected chi connectivity index (χ0v) is 14.8. The molecule has 1 aromatic heterocycles. The minimum absolute atomic E-state index is 0.210. The van der Waals surface area contributed by atoms with E-state index in [-0.39, 0.29) is 17.3 Å². The van der Waals surface area contributed by atoms with Crippen molar-refractivity contribution in [1.29, 1.82) is 0 Å².